The zero-order chi connectivity index (χ0) is 13.5. The molecule has 2 N–H and O–H groups in total. The number of hydrogen-bond acceptors (Lipinski definition) is 5. The highest BCUT2D eigenvalue weighted by molar-refractivity contribution is 5.07. The van der Waals surface area contributed by atoms with Crippen LogP contribution in [0.1, 0.15) is 63.8 Å². The lowest BCUT2D eigenvalue weighted by molar-refractivity contribution is 0.0661. The van der Waals surface area contributed by atoms with Gasteiger partial charge in [-0.2, -0.15) is 4.98 Å². The van der Waals surface area contributed by atoms with E-state index in [9.17, 15) is 0 Å². The van der Waals surface area contributed by atoms with Gasteiger partial charge < -0.3 is 15.0 Å². The summed E-state index contributed by atoms with van der Waals surface area (Å²) < 4.78 is 11.1. The molecule has 2 atom stereocenters. The van der Waals surface area contributed by atoms with Crippen LogP contribution in [0.3, 0.4) is 0 Å². The highest BCUT2D eigenvalue weighted by Gasteiger charge is 2.38. The first-order valence-corrected chi connectivity index (χ1v) is 7.33. The van der Waals surface area contributed by atoms with Crippen molar-refractivity contribution in [3.8, 4) is 0 Å². The summed E-state index contributed by atoms with van der Waals surface area (Å²) in [5, 5.41) is 4.12. The van der Waals surface area contributed by atoms with Gasteiger partial charge in [-0.15, -0.1) is 0 Å². The van der Waals surface area contributed by atoms with Crippen LogP contribution in [-0.2, 0) is 10.3 Å². The summed E-state index contributed by atoms with van der Waals surface area (Å²) in [5.41, 5.74) is 6.06. The van der Waals surface area contributed by atoms with Crippen LogP contribution in [0.2, 0.25) is 0 Å². The average molecular weight is 265 g/mol. The summed E-state index contributed by atoms with van der Waals surface area (Å²) in [6.07, 6.45) is 5.15. The van der Waals surface area contributed by atoms with Gasteiger partial charge in [-0.05, 0) is 43.9 Å². The smallest absolute Gasteiger partial charge is 0.256 e. The predicted octanol–water partition coefficient (Wildman–Crippen LogP) is 2.53. The van der Waals surface area contributed by atoms with Gasteiger partial charge in [0.25, 0.3) is 5.89 Å². The molecule has 0 aromatic carbocycles. The first-order valence-electron chi connectivity index (χ1n) is 7.33. The Kier molecular flexibility index (Phi) is 3.35. The molecule has 3 rings (SSSR count). The fourth-order valence-corrected chi connectivity index (χ4v) is 3.07. The number of ether oxygens (including phenoxy) is 1. The molecule has 2 aliphatic rings. The first-order chi connectivity index (χ1) is 9.08. The molecule has 1 saturated carbocycles. The minimum absolute atomic E-state index is 0.0487. The monoisotopic (exact) mass is 265 g/mol. The van der Waals surface area contributed by atoms with Gasteiger partial charge in [0.15, 0.2) is 5.82 Å². The van der Waals surface area contributed by atoms with E-state index in [1.54, 1.807) is 0 Å². The van der Waals surface area contributed by atoms with E-state index in [1.807, 2.05) is 0 Å². The molecule has 19 heavy (non-hydrogen) atoms. The van der Waals surface area contributed by atoms with Crippen molar-refractivity contribution in [1.29, 1.82) is 0 Å². The Morgan fingerprint density at radius 2 is 1.95 bits per heavy atom. The first kappa shape index (κ1) is 13.1. The lowest BCUT2D eigenvalue weighted by Crippen LogP contribution is -2.41. The Balaban J connectivity index is 1.77. The maximum absolute atomic E-state index is 6.46. The van der Waals surface area contributed by atoms with E-state index in [0.717, 1.165) is 44.6 Å². The molecule has 1 aromatic heterocycles. The third kappa shape index (κ3) is 2.41. The normalized spacial score (nSPS) is 39.6. The number of nitrogens with two attached hydrogens (primary N) is 1. The van der Waals surface area contributed by atoms with Gasteiger partial charge in [0.2, 0.25) is 0 Å². The summed E-state index contributed by atoms with van der Waals surface area (Å²) in [6, 6.07) is 0. The fourth-order valence-electron chi connectivity index (χ4n) is 3.07. The second-order valence-corrected chi connectivity index (χ2v) is 6.35. The second kappa shape index (κ2) is 4.87. The summed E-state index contributed by atoms with van der Waals surface area (Å²) in [4.78, 5) is 4.54. The van der Waals surface area contributed by atoms with E-state index in [4.69, 9.17) is 15.0 Å². The zero-order valence-corrected chi connectivity index (χ0v) is 11.8. The van der Waals surface area contributed by atoms with Crippen LogP contribution >= 0.6 is 0 Å². The quantitative estimate of drug-likeness (QED) is 0.889. The van der Waals surface area contributed by atoms with Crippen LogP contribution in [0.5, 0.6) is 0 Å². The molecule has 1 aliphatic carbocycles. The Morgan fingerprint density at radius 1 is 1.21 bits per heavy atom. The molecule has 1 saturated heterocycles. The largest absolute Gasteiger partial charge is 0.368 e. The molecule has 2 unspecified atom stereocenters. The minimum atomic E-state index is -0.407. The van der Waals surface area contributed by atoms with Gasteiger partial charge in [-0.1, -0.05) is 19.0 Å². The predicted molar refractivity (Wildman–Crippen MR) is 70.3 cm³/mol. The maximum atomic E-state index is 6.46. The van der Waals surface area contributed by atoms with E-state index in [1.165, 1.54) is 0 Å². The van der Waals surface area contributed by atoms with Crippen LogP contribution in [-0.4, -0.2) is 16.7 Å². The molecule has 1 aromatic rings. The Morgan fingerprint density at radius 3 is 2.58 bits per heavy atom. The lowest BCUT2D eigenvalue weighted by Gasteiger charge is -2.33. The van der Waals surface area contributed by atoms with E-state index in [2.05, 4.69) is 24.0 Å². The molecule has 0 bridgehead atoms. The minimum Gasteiger partial charge on any atom is -0.368 e. The van der Waals surface area contributed by atoms with Gasteiger partial charge in [0.05, 0.1) is 5.54 Å². The van der Waals surface area contributed by atoms with Gasteiger partial charge in [0, 0.05) is 6.61 Å². The van der Waals surface area contributed by atoms with Gasteiger partial charge >= 0.3 is 0 Å². The van der Waals surface area contributed by atoms with Crippen LogP contribution in [0.15, 0.2) is 4.52 Å². The molecule has 106 valence electrons. The third-order valence-electron chi connectivity index (χ3n) is 4.68. The molecule has 2 fully saturated rings. The molecular weight excluding hydrogens is 242 g/mol. The number of hydrogen-bond donors (Lipinski definition) is 1. The summed E-state index contributed by atoms with van der Waals surface area (Å²) in [6.45, 7) is 5.20. The van der Waals surface area contributed by atoms with E-state index in [-0.39, 0.29) is 6.10 Å². The summed E-state index contributed by atoms with van der Waals surface area (Å²) >= 11 is 0. The van der Waals surface area contributed by atoms with Crippen molar-refractivity contribution in [1.82, 2.24) is 10.1 Å². The molecule has 0 amide bonds. The number of nitrogens with zero attached hydrogens (tertiary/aromatic N) is 2. The molecule has 1 aliphatic heterocycles. The molecule has 5 heteroatoms. The molecule has 2 heterocycles. The molecule has 5 nitrogen and oxygen atoms in total. The zero-order valence-electron chi connectivity index (χ0n) is 11.8. The lowest BCUT2D eigenvalue weighted by atomic mass is 9.77. The van der Waals surface area contributed by atoms with Gasteiger partial charge in [-0.25, -0.2) is 0 Å². The molecular formula is C14H23N3O2. The van der Waals surface area contributed by atoms with E-state index >= 15 is 0 Å². The van der Waals surface area contributed by atoms with Crippen molar-refractivity contribution in [3.05, 3.63) is 11.7 Å². The summed E-state index contributed by atoms with van der Waals surface area (Å²) in [5.74, 6) is 2.45. The van der Waals surface area contributed by atoms with E-state index < -0.39 is 5.54 Å². The molecule has 0 radical (unpaired) electrons. The van der Waals surface area contributed by atoms with Crippen molar-refractivity contribution in [2.75, 3.05) is 6.61 Å². The van der Waals surface area contributed by atoms with Crippen molar-refractivity contribution < 1.29 is 9.26 Å². The van der Waals surface area contributed by atoms with Crippen LogP contribution in [0.25, 0.3) is 0 Å². The average Bonchev–Trinajstić information content (AvgIpc) is 3.01. The fraction of sp³-hybridized carbons (Fsp3) is 0.857. The number of rotatable bonds is 2. The molecule has 0 spiro atoms. The second-order valence-electron chi connectivity index (χ2n) is 6.35. The Labute approximate surface area is 113 Å². The van der Waals surface area contributed by atoms with Crippen LogP contribution in [0.4, 0.5) is 0 Å². The van der Waals surface area contributed by atoms with Gasteiger partial charge in [0.1, 0.15) is 6.10 Å². The van der Waals surface area contributed by atoms with Gasteiger partial charge in [-0.3, -0.25) is 0 Å². The third-order valence-corrected chi connectivity index (χ3v) is 4.68. The van der Waals surface area contributed by atoms with Crippen LogP contribution in [0, 0.1) is 11.8 Å². The summed E-state index contributed by atoms with van der Waals surface area (Å²) in [7, 11) is 0. The van der Waals surface area contributed by atoms with Crippen molar-refractivity contribution in [2.45, 2.75) is 57.6 Å². The van der Waals surface area contributed by atoms with Crippen molar-refractivity contribution >= 4 is 0 Å². The topological polar surface area (TPSA) is 74.2 Å². The van der Waals surface area contributed by atoms with Crippen molar-refractivity contribution in [2.24, 2.45) is 17.6 Å². The Hall–Kier alpha value is -0.940. The van der Waals surface area contributed by atoms with Crippen molar-refractivity contribution in [3.63, 3.8) is 0 Å². The van der Waals surface area contributed by atoms with Crippen LogP contribution < -0.4 is 5.73 Å². The maximum Gasteiger partial charge on any atom is 0.256 e. The SMILES string of the molecule is CC1CCC(N)(c2noc(C3OCCC3C)n2)CC1. The number of aromatic nitrogens is 2. The highest BCUT2D eigenvalue weighted by atomic mass is 16.5. The Bertz CT molecular complexity index is 438. The van der Waals surface area contributed by atoms with E-state index in [0.29, 0.717) is 17.6 Å². The standard InChI is InChI=1S/C14H23N3O2/c1-9-3-6-14(15,7-4-9)13-16-12(19-17-13)11-10(2)5-8-18-11/h9-11H,3-8,15H2,1-2H3. The highest BCUT2D eigenvalue weighted by Crippen LogP contribution is 2.38.